The number of hydrogen-bond acceptors (Lipinski definition) is 6. The number of alkyl halides is 2. The number of carboxylic acids is 1. The third kappa shape index (κ3) is 6.93. The molecule has 0 aliphatic carbocycles. The van der Waals surface area contributed by atoms with Crippen molar-refractivity contribution < 1.29 is 33.0 Å². The minimum atomic E-state index is -2.63. The molecule has 2 bridgehead atoms. The monoisotopic (exact) mass is 598 g/mol. The standard InChI is InChI=1S/C27H30Cl2F2N4O5/c1-27(2,40-21-7-15(8-24(36)37)19(28)11-20(21)29)26(39)34-16-9-17-4-5-18(10-16)35(17)23-6-3-14(12-32-23)25(38)33-13-22(30)31/h3,6-7,11-12,16-18,22H,4-5,8-10,13H2,1-2H3,(H,33,38)(H,34,39)(H,36,37)/t16?,17-,18+. The fraction of sp³-hybridized carbons (Fsp3) is 0.481. The minimum absolute atomic E-state index is 0.105. The second-order valence-corrected chi connectivity index (χ2v) is 11.3. The second-order valence-electron chi connectivity index (χ2n) is 10.5. The lowest BCUT2D eigenvalue weighted by Crippen LogP contribution is -2.55. The molecule has 13 heteroatoms. The molecule has 3 heterocycles. The number of carboxylic acid groups (broad SMARTS) is 1. The smallest absolute Gasteiger partial charge is 0.307 e. The van der Waals surface area contributed by atoms with Crippen LogP contribution in [0.25, 0.3) is 0 Å². The summed E-state index contributed by atoms with van der Waals surface area (Å²) >= 11 is 12.4. The SMILES string of the molecule is CC(C)(Oc1cc(CC(=O)O)c(Cl)cc1Cl)C(=O)NC1C[C@H]2CC[C@@H](C1)N2c1ccc(C(=O)NCC(F)F)cn1. The highest BCUT2D eigenvalue weighted by molar-refractivity contribution is 6.36. The van der Waals surface area contributed by atoms with E-state index in [1.54, 1.807) is 26.0 Å². The van der Waals surface area contributed by atoms with Gasteiger partial charge in [-0.15, -0.1) is 0 Å². The summed E-state index contributed by atoms with van der Waals surface area (Å²) in [5.41, 5.74) is -0.780. The van der Waals surface area contributed by atoms with Crippen LogP contribution < -0.4 is 20.3 Å². The zero-order chi connectivity index (χ0) is 29.2. The number of ether oxygens (including phenoxy) is 1. The molecule has 2 saturated heterocycles. The Morgan fingerprint density at radius 2 is 1.82 bits per heavy atom. The van der Waals surface area contributed by atoms with Gasteiger partial charge in [-0.05, 0) is 69.4 Å². The Balaban J connectivity index is 1.38. The van der Waals surface area contributed by atoms with E-state index in [1.807, 2.05) is 0 Å². The van der Waals surface area contributed by atoms with E-state index in [-0.39, 0.29) is 51.8 Å². The van der Waals surface area contributed by atoms with E-state index in [0.29, 0.717) is 24.2 Å². The van der Waals surface area contributed by atoms with Gasteiger partial charge in [-0.25, -0.2) is 13.8 Å². The van der Waals surface area contributed by atoms with E-state index >= 15 is 0 Å². The number of nitrogens with one attached hydrogen (secondary N) is 2. The van der Waals surface area contributed by atoms with Gasteiger partial charge in [0.15, 0.2) is 5.60 Å². The second kappa shape index (κ2) is 12.1. The lowest BCUT2D eigenvalue weighted by atomic mass is 9.96. The number of fused-ring (bicyclic) bond motifs is 2. The lowest BCUT2D eigenvalue weighted by molar-refractivity contribution is -0.136. The Kier molecular flexibility index (Phi) is 9.04. The molecule has 2 fully saturated rings. The van der Waals surface area contributed by atoms with Gasteiger partial charge in [-0.2, -0.15) is 0 Å². The summed E-state index contributed by atoms with van der Waals surface area (Å²) < 4.78 is 30.7. The van der Waals surface area contributed by atoms with Crippen molar-refractivity contribution in [2.75, 3.05) is 11.4 Å². The number of aliphatic carboxylic acids is 1. The first-order valence-corrected chi connectivity index (χ1v) is 13.6. The summed E-state index contributed by atoms with van der Waals surface area (Å²) in [6.07, 6.45) is 1.64. The summed E-state index contributed by atoms with van der Waals surface area (Å²) in [7, 11) is 0. The number of carbonyl (C=O) groups is 3. The molecule has 1 unspecified atom stereocenters. The maximum Gasteiger partial charge on any atom is 0.307 e. The molecule has 2 aliphatic rings. The van der Waals surface area contributed by atoms with Crippen LogP contribution in [0, 0.1) is 0 Å². The summed E-state index contributed by atoms with van der Waals surface area (Å²) in [5, 5.41) is 14.7. The van der Waals surface area contributed by atoms with Crippen molar-refractivity contribution in [3.05, 3.63) is 51.6 Å². The van der Waals surface area contributed by atoms with Crippen LogP contribution in [-0.2, 0) is 16.0 Å². The van der Waals surface area contributed by atoms with Crippen molar-refractivity contribution in [2.24, 2.45) is 0 Å². The van der Waals surface area contributed by atoms with Gasteiger partial charge in [0.25, 0.3) is 18.2 Å². The quantitative estimate of drug-likeness (QED) is 0.368. The van der Waals surface area contributed by atoms with Crippen molar-refractivity contribution in [3.63, 3.8) is 0 Å². The highest BCUT2D eigenvalue weighted by Gasteiger charge is 2.43. The number of pyridine rings is 1. The predicted molar refractivity (Wildman–Crippen MR) is 146 cm³/mol. The van der Waals surface area contributed by atoms with Gasteiger partial charge in [0.2, 0.25) is 0 Å². The van der Waals surface area contributed by atoms with E-state index in [9.17, 15) is 23.2 Å². The van der Waals surface area contributed by atoms with Gasteiger partial charge >= 0.3 is 5.97 Å². The van der Waals surface area contributed by atoms with Gasteiger partial charge in [-0.1, -0.05) is 23.2 Å². The molecule has 3 N–H and O–H groups in total. The zero-order valence-electron chi connectivity index (χ0n) is 21.9. The molecule has 0 saturated carbocycles. The van der Waals surface area contributed by atoms with Crippen LogP contribution in [0.5, 0.6) is 5.75 Å². The first kappa shape index (κ1) is 29.8. The van der Waals surface area contributed by atoms with Gasteiger partial charge < -0.3 is 25.4 Å². The molecule has 3 atom stereocenters. The van der Waals surface area contributed by atoms with Crippen molar-refractivity contribution in [3.8, 4) is 5.75 Å². The number of amides is 2. The van der Waals surface area contributed by atoms with Gasteiger partial charge in [0, 0.05) is 29.3 Å². The minimum Gasteiger partial charge on any atom is -0.481 e. The molecule has 40 heavy (non-hydrogen) atoms. The summed E-state index contributed by atoms with van der Waals surface area (Å²) in [4.78, 5) is 43.0. The molecule has 2 aromatic rings. The average Bonchev–Trinajstić information content (AvgIpc) is 3.15. The van der Waals surface area contributed by atoms with Crippen LogP contribution in [0.4, 0.5) is 14.6 Å². The summed E-state index contributed by atoms with van der Waals surface area (Å²) in [6.45, 7) is 2.50. The molecule has 4 rings (SSSR count). The first-order chi connectivity index (χ1) is 18.8. The molecule has 1 aromatic heterocycles. The molecule has 2 aliphatic heterocycles. The summed E-state index contributed by atoms with van der Waals surface area (Å²) in [5.74, 6) is -1.15. The number of aromatic nitrogens is 1. The molecule has 216 valence electrons. The van der Waals surface area contributed by atoms with Gasteiger partial charge in [-0.3, -0.25) is 14.4 Å². The van der Waals surface area contributed by atoms with Crippen LogP contribution in [0.2, 0.25) is 10.0 Å². The predicted octanol–water partition coefficient (Wildman–Crippen LogP) is 4.48. The number of halogens is 4. The maximum absolute atomic E-state index is 13.3. The number of benzene rings is 1. The molecule has 0 spiro atoms. The van der Waals surface area contributed by atoms with E-state index in [1.165, 1.54) is 18.3 Å². The van der Waals surface area contributed by atoms with Gasteiger partial charge in [0.1, 0.15) is 11.6 Å². The fourth-order valence-corrected chi connectivity index (χ4v) is 5.73. The molecular weight excluding hydrogens is 569 g/mol. The van der Waals surface area contributed by atoms with E-state index in [2.05, 4.69) is 20.5 Å². The van der Waals surface area contributed by atoms with Crippen LogP contribution in [0.1, 0.15) is 55.5 Å². The van der Waals surface area contributed by atoms with Crippen molar-refractivity contribution in [1.82, 2.24) is 15.6 Å². The van der Waals surface area contributed by atoms with Crippen LogP contribution >= 0.6 is 23.2 Å². The van der Waals surface area contributed by atoms with Crippen molar-refractivity contribution in [1.29, 1.82) is 0 Å². The third-order valence-corrected chi connectivity index (χ3v) is 7.76. The molecular formula is C27H30Cl2F2N4O5. The topological polar surface area (TPSA) is 121 Å². The van der Waals surface area contributed by atoms with Crippen LogP contribution in [-0.4, -0.2) is 64.6 Å². The lowest BCUT2D eigenvalue weighted by Gasteiger charge is -2.40. The first-order valence-electron chi connectivity index (χ1n) is 12.8. The van der Waals surface area contributed by atoms with Crippen molar-refractivity contribution in [2.45, 2.75) is 76.1 Å². The largest absolute Gasteiger partial charge is 0.481 e. The number of piperidine rings is 1. The highest BCUT2D eigenvalue weighted by atomic mass is 35.5. The van der Waals surface area contributed by atoms with Crippen LogP contribution in [0.15, 0.2) is 30.5 Å². The van der Waals surface area contributed by atoms with Gasteiger partial charge in [0.05, 0.1) is 23.6 Å². The van der Waals surface area contributed by atoms with E-state index in [4.69, 9.17) is 33.0 Å². The highest BCUT2D eigenvalue weighted by Crippen LogP contribution is 2.39. The van der Waals surface area contributed by atoms with Crippen LogP contribution in [0.3, 0.4) is 0 Å². The Morgan fingerprint density at radius 1 is 1.15 bits per heavy atom. The Bertz CT molecular complexity index is 1260. The summed E-state index contributed by atoms with van der Waals surface area (Å²) in [6, 6.07) is 6.27. The Labute approximate surface area is 240 Å². The Hall–Kier alpha value is -3.18. The number of anilines is 1. The third-order valence-electron chi connectivity index (χ3n) is 7.11. The normalized spacial score (nSPS) is 20.4. The molecule has 2 amide bonds. The number of carbonyl (C=O) groups excluding carboxylic acids is 2. The molecule has 9 nitrogen and oxygen atoms in total. The average molecular weight is 599 g/mol. The van der Waals surface area contributed by atoms with E-state index in [0.717, 1.165) is 12.8 Å². The number of hydrogen-bond donors (Lipinski definition) is 3. The fourth-order valence-electron chi connectivity index (χ4n) is 5.24. The number of nitrogens with zero attached hydrogens (tertiary/aromatic N) is 2. The van der Waals surface area contributed by atoms with E-state index < -0.39 is 30.4 Å². The molecule has 1 aromatic carbocycles. The number of rotatable bonds is 10. The molecule has 0 radical (unpaired) electrons. The Morgan fingerprint density at radius 3 is 2.40 bits per heavy atom. The van der Waals surface area contributed by atoms with Crippen molar-refractivity contribution >= 4 is 46.8 Å². The zero-order valence-corrected chi connectivity index (χ0v) is 23.4. The maximum atomic E-state index is 13.3.